The molecule has 2 unspecified atom stereocenters. The summed E-state index contributed by atoms with van der Waals surface area (Å²) in [5, 5.41) is 2.32. The van der Waals surface area contributed by atoms with E-state index in [1.54, 1.807) is 18.2 Å². The average Bonchev–Trinajstić information content (AvgIpc) is 2.30. The lowest BCUT2D eigenvalue weighted by molar-refractivity contribution is -0.141. The van der Waals surface area contributed by atoms with Gasteiger partial charge in [-0.3, -0.25) is 14.9 Å². The second kappa shape index (κ2) is 4.76. The van der Waals surface area contributed by atoms with Crippen LogP contribution in [-0.4, -0.2) is 11.8 Å². The minimum absolute atomic E-state index is 0.0899. The van der Waals surface area contributed by atoms with Crippen LogP contribution in [0.15, 0.2) is 24.3 Å². The van der Waals surface area contributed by atoms with Gasteiger partial charge in [-0.15, -0.1) is 0 Å². The number of hydrogen-bond donors (Lipinski definition) is 1. The molecule has 1 aromatic rings. The first kappa shape index (κ1) is 13.7. The molecule has 0 aliphatic carbocycles. The number of halogens is 1. The summed E-state index contributed by atoms with van der Waals surface area (Å²) < 4.78 is 14.0. The summed E-state index contributed by atoms with van der Waals surface area (Å²) >= 11 is 0. The Morgan fingerprint density at radius 1 is 1.32 bits per heavy atom. The SMILES string of the molecule is CC(C)C1(C)CC(=O)NC(=O)C1c1ccccc1F. The molecule has 1 aliphatic heterocycles. The highest BCUT2D eigenvalue weighted by atomic mass is 19.1. The summed E-state index contributed by atoms with van der Waals surface area (Å²) in [6.45, 7) is 5.80. The van der Waals surface area contributed by atoms with Gasteiger partial charge in [-0.05, 0) is 17.4 Å². The van der Waals surface area contributed by atoms with Crippen molar-refractivity contribution < 1.29 is 14.0 Å². The molecule has 0 bridgehead atoms. The summed E-state index contributed by atoms with van der Waals surface area (Å²) in [6, 6.07) is 6.27. The third-order valence-corrected chi connectivity index (χ3v) is 4.26. The van der Waals surface area contributed by atoms with Crippen LogP contribution in [0.25, 0.3) is 0 Å². The van der Waals surface area contributed by atoms with Crippen LogP contribution in [0.3, 0.4) is 0 Å². The third kappa shape index (κ3) is 2.27. The molecule has 2 amide bonds. The van der Waals surface area contributed by atoms with Crippen molar-refractivity contribution >= 4 is 11.8 Å². The Morgan fingerprint density at radius 3 is 2.53 bits per heavy atom. The molecular formula is C15H18FNO2. The minimum Gasteiger partial charge on any atom is -0.296 e. The first-order valence-corrected chi connectivity index (χ1v) is 6.44. The van der Waals surface area contributed by atoms with Gasteiger partial charge in [0, 0.05) is 12.0 Å². The Bertz CT molecular complexity index is 527. The number of hydrogen-bond acceptors (Lipinski definition) is 2. The van der Waals surface area contributed by atoms with E-state index in [9.17, 15) is 14.0 Å². The van der Waals surface area contributed by atoms with Crippen molar-refractivity contribution in [2.45, 2.75) is 33.1 Å². The van der Waals surface area contributed by atoms with Gasteiger partial charge >= 0.3 is 0 Å². The van der Waals surface area contributed by atoms with Crippen LogP contribution in [0, 0.1) is 17.2 Å². The standard InChI is InChI=1S/C15H18FNO2/c1-9(2)15(3)8-12(18)17-14(19)13(15)10-6-4-5-7-11(10)16/h4-7,9,13H,8H2,1-3H3,(H,17,18,19). The summed E-state index contributed by atoms with van der Waals surface area (Å²) in [5.74, 6) is -1.63. The van der Waals surface area contributed by atoms with Crippen molar-refractivity contribution in [3.63, 3.8) is 0 Å². The van der Waals surface area contributed by atoms with Gasteiger partial charge in [0.1, 0.15) is 5.82 Å². The highest BCUT2D eigenvalue weighted by Crippen LogP contribution is 2.47. The van der Waals surface area contributed by atoms with Crippen molar-refractivity contribution in [3.05, 3.63) is 35.6 Å². The van der Waals surface area contributed by atoms with E-state index < -0.39 is 23.1 Å². The maximum atomic E-state index is 14.0. The Balaban J connectivity index is 2.54. The number of rotatable bonds is 2. The number of piperidine rings is 1. The predicted molar refractivity (Wildman–Crippen MR) is 69.9 cm³/mol. The van der Waals surface area contributed by atoms with Crippen LogP contribution < -0.4 is 5.32 Å². The van der Waals surface area contributed by atoms with Crippen molar-refractivity contribution in [2.24, 2.45) is 11.3 Å². The fraction of sp³-hybridized carbons (Fsp3) is 0.467. The van der Waals surface area contributed by atoms with Crippen molar-refractivity contribution in [2.75, 3.05) is 0 Å². The van der Waals surface area contributed by atoms with Gasteiger partial charge in [-0.2, -0.15) is 0 Å². The number of amides is 2. The topological polar surface area (TPSA) is 46.2 Å². The first-order valence-electron chi connectivity index (χ1n) is 6.44. The Hall–Kier alpha value is -1.71. The van der Waals surface area contributed by atoms with Crippen LogP contribution in [0.1, 0.15) is 38.7 Å². The molecule has 0 saturated carbocycles. The highest BCUT2D eigenvalue weighted by Gasteiger charge is 2.48. The Labute approximate surface area is 112 Å². The van der Waals surface area contributed by atoms with E-state index in [1.165, 1.54) is 6.07 Å². The fourth-order valence-electron chi connectivity index (χ4n) is 2.74. The maximum absolute atomic E-state index is 14.0. The van der Waals surface area contributed by atoms with E-state index in [-0.39, 0.29) is 18.2 Å². The molecule has 2 atom stereocenters. The zero-order chi connectivity index (χ0) is 14.2. The van der Waals surface area contributed by atoms with E-state index in [4.69, 9.17) is 0 Å². The number of imide groups is 1. The quantitative estimate of drug-likeness (QED) is 0.834. The molecule has 1 saturated heterocycles. The van der Waals surface area contributed by atoms with Gasteiger partial charge in [0.25, 0.3) is 0 Å². The molecule has 1 heterocycles. The van der Waals surface area contributed by atoms with E-state index in [2.05, 4.69) is 5.32 Å². The molecule has 1 fully saturated rings. The van der Waals surface area contributed by atoms with Gasteiger partial charge in [0.05, 0.1) is 5.92 Å². The summed E-state index contributed by atoms with van der Waals surface area (Å²) in [6.07, 6.45) is 0.232. The predicted octanol–water partition coefficient (Wildman–Crippen LogP) is 2.62. The Kier molecular flexibility index (Phi) is 3.43. The lowest BCUT2D eigenvalue weighted by Gasteiger charge is -2.43. The first-order chi connectivity index (χ1) is 8.86. The zero-order valence-corrected chi connectivity index (χ0v) is 11.4. The van der Waals surface area contributed by atoms with E-state index >= 15 is 0 Å². The van der Waals surface area contributed by atoms with Gasteiger partial charge in [0.15, 0.2) is 0 Å². The molecule has 19 heavy (non-hydrogen) atoms. The Morgan fingerprint density at radius 2 is 1.95 bits per heavy atom. The normalized spacial score (nSPS) is 27.5. The third-order valence-electron chi connectivity index (χ3n) is 4.26. The zero-order valence-electron chi connectivity index (χ0n) is 11.4. The smallest absolute Gasteiger partial charge is 0.234 e. The van der Waals surface area contributed by atoms with Crippen molar-refractivity contribution in [1.29, 1.82) is 0 Å². The largest absolute Gasteiger partial charge is 0.296 e. The molecule has 0 radical (unpaired) electrons. The second-order valence-corrected chi connectivity index (χ2v) is 5.70. The van der Waals surface area contributed by atoms with Crippen molar-refractivity contribution in [1.82, 2.24) is 5.32 Å². The van der Waals surface area contributed by atoms with Crippen LogP contribution in [-0.2, 0) is 9.59 Å². The average molecular weight is 263 g/mol. The van der Waals surface area contributed by atoms with Gasteiger partial charge in [-0.25, -0.2) is 4.39 Å². The maximum Gasteiger partial charge on any atom is 0.234 e. The minimum atomic E-state index is -0.633. The number of benzene rings is 1. The summed E-state index contributed by atoms with van der Waals surface area (Å²) in [4.78, 5) is 23.8. The van der Waals surface area contributed by atoms with Gasteiger partial charge in [0.2, 0.25) is 11.8 Å². The highest BCUT2D eigenvalue weighted by molar-refractivity contribution is 6.02. The second-order valence-electron chi connectivity index (χ2n) is 5.70. The molecule has 1 aromatic carbocycles. The summed E-state index contributed by atoms with van der Waals surface area (Å²) in [7, 11) is 0. The summed E-state index contributed by atoms with van der Waals surface area (Å²) in [5.41, 5.74) is -0.203. The lowest BCUT2D eigenvalue weighted by atomic mass is 9.62. The van der Waals surface area contributed by atoms with Crippen LogP contribution in [0.4, 0.5) is 4.39 Å². The number of carbonyl (C=O) groups is 2. The molecular weight excluding hydrogens is 245 g/mol. The van der Waals surface area contributed by atoms with Gasteiger partial charge < -0.3 is 0 Å². The van der Waals surface area contributed by atoms with Crippen LogP contribution >= 0.6 is 0 Å². The van der Waals surface area contributed by atoms with E-state index in [0.717, 1.165) is 0 Å². The molecule has 3 nitrogen and oxygen atoms in total. The van der Waals surface area contributed by atoms with Crippen molar-refractivity contribution in [3.8, 4) is 0 Å². The molecule has 4 heteroatoms. The van der Waals surface area contributed by atoms with Gasteiger partial charge in [-0.1, -0.05) is 39.0 Å². The van der Waals surface area contributed by atoms with Crippen LogP contribution in [0.2, 0.25) is 0 Å². The number of nitrogens with one attached hydrogen (secondary N) is 1. The molecule has 1 N–H and O–H groups in total. The fourth-order valence-corrected chi connectivity index (χ4v) is 2.74. The molecule has 102 valence electrons. The molecule has 0 spiro atoms. The molecule has 2 rings (SSSR count). The van der Waals surface area contributed by atoms with Crippen LogP contribution in [0.5, 0.6) is 0 Å². The molecule has 0 aromatic heterocycles. The lowest BCUT2D eigenvalue weighted by Crippen LogP contribution is -2.51. The molecule has 1 aliphatic rings. The van der Waals surface area contributed by atoms with E-state index in [1.807, 2.05) is 20.8 Å². The van der Waals surface area contributed by atoms with E-state index in [0.29, 0.717) is 5.56 Å². The monoisotopic (exact) mass is 263 g/mol. The number of carbonyl (C=O) groups excluding carboxylic acids is 2.